The highest BCUT2D eigenvalue weighted by molar-refractivity contribution is 5.99. The molecule has 0 fully saturated rings. The van der Waals surface area contributed by atoms with Crippen LogP contribution in [-0.4, -0.2) is 20.5 Å². The number of hydrogen-bond acceptors (Lipinski definition) is 3. The number of aromatic nitrogens is 3. The summed E-state index contributed by atoms with van der Waals surface area (Å²) in [6.07, 6.45) is 3.32. The number of nitrogens with one attached hydrogen (secondary N) is 1. The maximum Gasteiger partial charge on any atom is 0.248 e. The Bertz CT molecular complexity index is 636. The Morgan fingerprint density at radius 2 is 2.11 bits per heavy atom. The van der Waals surface area contributed by atoms with Gasteiger partial charge in [0, 0.05) is 6.08 Å². The van der Waals surface area contributed by atoms with E-state index in [1.807, 2.05) is 33.8 Å². The lowest BCUT2D eigenvalue weighted by molar-refractivity contribution is -0.111. The van der Waals surface area contributed by atoms with Crippen LogP contribution in [0.5, 0.6) is 0 Å². The van der Waals surface area contributed by atoms with Crippen molar-refractivity contribution < 1.29 is 4.79 Å². The minimum atomic E-state index is -0.134. The molecule has 0 aliphatic rings. The van der Waals surface area contributed by atoms with E-state index in [-0.39, 0.29) is 5.91 Å². The number of amides is 1. The lowest BCUT2D eigenvalue weighted by Gasteiger charge is -2.05. The number of anilines is 1. The number of allylic oxidation sites excluding steroid dienone is 1. The first-order chi connectivity index (χ1) is 8.45. The molecule has 5 nitrogen and oxygen atoms in total. The zero-order valence-electron chi connectivity index (χ0n) is 11.0. The van der Waals surface area contributed by atoms with Gasteiger partial charge in [0.2, 0.25) is 5.91 Å². The molecule has 2 heterocycles. The van der Waals surface area contributed by atoms with Crippen LogP contribution >= 0.6 is 0 Å². The van der Waals surface area contributed by atoms with Crippen molar-refractivity contribution in [2.45, 2.75) is 27.7 Å². The van der Waals surface area contributed by atoms with E-state index in [1.54, 1.807) is 16.8 Å². The lowest BCUT2D eigenvalue weighted by Crippen LogP contribution is -2.09. The van der Waals surface area contributed by atoms with E-state index in [0.29, 0.717) is 11.5 Å². The van der Waals surface area contributed by atoms with Gasteiger partial charge in [-0.1, -0.05) is 5.57 Å². The van der Waals surface area contributed by atoms with Crippen LogP contribution in [0, 0.1) is 13.8 Å². The number of rotatable bonds is 2. The van der Waals surface area contributed by atoms with Crippen LogP contribution in [0.25, 0.3) is 5.65 Å². The smallest absolute Gasteiger partial charge is 0.248 e. The Labute approximate surface area is 106 Å². The molecule has 94 valence electrons. The Morgan fingerprint density at radius 1 is 1.39 bits per heavy atom. The van der Waals surface area contributed by atoms with Gasteiger partial charge in [-0.3, -0.25) is 4.79 Å². The van der Waals surface area contributed by atoms with E-state index in [2.05, 4.69) is 15.4 Å². The zero-order chi connectivity index (χ0) is 13.3. The average molecular weight is 244 g/mol. The number of nitrogens with zero attached hydrogens (tertiary/aromatic N) is 3. The third kappa shape index (κ3) is 2.56. The summed E-state index contributed by atoms with van der Waals surface area (Å²) in [6.45, 7) is 7.55. The van der Waals surface area contributed by atoms with Gasteiger partial charge in [-0.25, -0.2) is 9.50 Å². The van der Waals surface area contributed by atoms with Crippen molar-refractivity contribution in [1.82, 2.24) is 14.6 Å². The highest BCUT2D eigenvalue weighted by Crippen LogP contribution is 2.15. The van der Waals surface area contributed by atoms with Gasteiger partial charge in [-0.15, -0.1) is 0 Å². The molecule has 0 unspecified atom stereocenters. The van der Waals surface area contributed by atoms with Gasteiger partial charge in [0.1, 0.15) is 5.82 Å². The molecule has 18 heavy (non-hydrogen) atoms. The first-order valence-corrected chi connectivity index (χ1v) is 5.75. The van der Waals surface area contributed by atoms with Gasteiger partial charge in [0.05, 0.1) is 11.9 Å². The van der Waals surface area contributed by atoms with Crippen molar-refractivity contribution in [2.24, 2.45) is 0 Å². The number of carbonyl (C=O) groups is 1. The molecule has 0 aliphatic carbocycles. The van der Waals surface area contributed by atoms with E-state index in [9.17, 15) is 4.79 Å². The van der Waals surface area contributed by atoms with Gasteiger partial charge in [0.25, 0.3) is 0 Å². The third-order valence-electron chi connectivity index (χ3n) is 2.41. The van der Waals surface area contributed by atoms with Crippen LogP contribution in [0.4, 0.5) is 5.69 Å². The molecule has 0 bridgehead atoms. The van der Waals surface area contributed by atoms with Crippen molar-refractivity contribution >= 4 is 17.2 Å². The molecule has 1 N–H and O–H groups in total. The standard InChI is InChI=1S/C13H16N4O/c1-8(2)5-12(18)15-11-6-9(3)13-14-10(4)16-17(13)7-11/h5-7H,1-4H3,(H,15,18). The van der Waals surface area contributed by atoms with E-state index >= 15 is 0 Å². The Balaban J connectivity index is 2.35. The summed E-state index contributed by atoms with van der Waals surface area (Å²) < 4.78 is 1.68. The second-order valence-corrected chi connectivity index (χ2v) is 4.55. The van der Waals surface area contributed by atoms with Crippen molar-refractivity contribution in [3.8, 4) is 0 Å². The molecule has 2 aromatic rings. The Morgan fingerprint density at radius 3 is 2.78 bits per heavy atom. The van der Waals surface area contributed by atoms with Gasteiger partial charge < -0.3 is 5.32 Å². The SMILES string of the molecule is CC(C)=CC(=O)Nc1cc(C)c2nc(C)nn2c1. The van der Waals surface area contributed by atoms with Crippen LogP contribution < -0.4 is 5.32 Å². The molecular weight excluding hydrogens is 228 g/mol. The highest BCUT2D eigenvalue weighted by Gasteiger charge is 2.06. The molecule has 0 atom stereocenters. The molecule has 1 amide bonds. The van der Waals surface area contributed by atoms with Crippen LogP contribution in [0.3, 0.4) is 0 Å². The lowest BCUT2D eigenvalue weighted by atomic mass is 10.2. The molecular formula is C13H16N4O. The second-order valence-electron chi connectivity index (χ2n) is 4.55. The maximum absolute atomic E-state index is 11.6. The fourth-order valence-electron chi connectivity index (χ4n) is 1.76. The van der Waals surface area contributed by atoms with E-state index in [0.717, 1.165) is 16.8 Å². The quantitative estimate of drug-likeness (QED) is 0.824. The van der Waals surface area contributed by atoms with Gasteiger partial charge in [-0.2, -0.15) is 5.10 Å². The summed E-state index contributed by atoms with van der Waals surface area (Å²) in [7, 11) is 0. The third-order valence-corrected chi connectivity index (χ3v) is 2.41. The topological polar surface area (TPSA) is 59.3 Å². The van der Waals surface area contributed by atoms with E-state index < -0.39 is 0 Å². The van der Waals surface area contributed by atoms with Gasteiger partial charge >= 0.3 is 0 Å². The summed E-state index contributed by atoms with van der Waals surface area (Å²) in [5, 5.41) is 7.05. The van der Waals surface area contributed by atoms with Crippen molar-refractivity contribution in [3.63, 3.8) is 0 Å². The molecule has 0 aromatic carbocycles. The van der Waals surface area contributed by atoms with Gasteiger partial charge in [0.15, 0.2) is 5.65 Å². The molecule has 0 spiro atoms. The molecule has 2 rings (SSSR count). The predicted molar refractivity (Wildman–Crippen MR) is 70.5 cm³/mol. The average Bonchev–Trinajstić information content (AvgIpc) is 2.57. The fourth-order valence-corrected chi connectivity index (χ4v) is 1.76. The summed E-state index contributed by atoms with van der Waals surface area (Å²) in [5.74, 6) is 0.580. The predicted octanol–water partition coefficient (Wildman–Crippen LogP) is 2.25. The van der Waals surface area contributed by atoms with Crippen LogP contribution in [0.1, 0.15) is 25.2 Å². The molecule has 5 heteroatoms. The maximum atomic E-state index is 11.6. The van der Waals surface area contributed by atoms with E-state index in [4.69, 9.17) is 0 Å². The highest BCUT2D eigenvalue weighted by atomic mass is 16.1. The zero-order valence-corrected chi connectivity index (χ0v) is 11.0. The number of pyridine rings is 1. The number of carbonyl (C=O) groups excluding carboxylic acids is 1. The number of fused-ring (bicyclic) bond motifs is 1. The Hall–Kier alpha value is -2.17. The summed E-state index contributed by atoms with van der Waals surface area (Å²) in [5.41, 5.74) is 3.47. The van der Waals surface area contributed by atoms with Crippen LogP contribution in [0.2, 0.25) is 0 Å². The van der Waals surface area contributed by atoms with Crippen LogP contribution in [0.15, 0.2) is 23.9 Å². The minimum Gasteiger partial charge on any atom is -0.321 e. The summed E-state index contributed by atoms with van der Waals surface area (Å²) >= 11 is 0. The van der Waals surface area contributed by atoms with Crippen molar-refractivity contribution in [1.29, 1.82) is 0 Å². The molecule has 0 aliphatic heterocycles. The second kappa shape index (κ2) is 4.60. The number of hydrogen-bond donors (Lipinski definition) is 1. The van der Waals surface area contributed by atoms with Crippen molar-refractivity contribution in [2.75, 3.05) is 5.32 Å². The summed E-state index contributed by atoms with van der Waals surface area (Å²) in [4.78, 5) is 16.0. The minimum absolute atomic E-state index is 0.134. The largest absolute Gasteiger partial charge is 0.321 e. The summed E-state index contributed by atoms with van der Waals surface area (Å²) in [6, 6.07) is 1.89. The van der Waals surface area contributed by atoms with Crippen LogP contribution in [-0.2, 0) is 4.79 Å². The van der Waals surface area contributed by atoms with E-state index in [1.165, 1.54) is 0 Å². The number of aryl methyl sites for hydroxylation is 2. The monoisotopic (exact) mass is 244 g/mol. The molecule has 0 saturated carbocycles. The van der Waals surface area contributed by atoms with Gasteiger partial charge in [-0.05, 0) is 39.3 Å². The molecule has 2 aromatic heterocycles. The molecule has 0 saturated heterocycles. The fraction of sp³-hybridized carbons (Fsp3) is 0.308. The first kappa shape index (κ1) is 12.3. The Kier molecular flexibility index (Phi) is 3.14. The normalized spacial score (nSPS) is 10.4. The molecule has 0 radical (unpaired) electrons. The van der Waals surface area contributed by atoms with Crippen molar-refractivity contribution in [3.05, 3.63) is 35.3 Å². The first-order valence-electron chi connectivity index (χ1n) is 5.75.